The topological polar surface area (TPSA) is 58.6 Å². The summed E-state index contributed by atoms with van der Waals surface area (Å²) in [6.45, 7) is 1.31. The van der Waals surface area contributed by atoms with Crippen molar-refractivity contribution >= 4 is 39.3 Å². The lowest BCUT2D eigenvalue weighted by atomic mass is 10.3. The molecule has 0 saturated carbocycles. The molecule has 0 aromatic heterocycles. The largest absolute Gasteiger partial charge is 0.482 e. The average molecular weight is 362 g/mol. The summed E-state index contributed by atoms with van der Waals surface area (Å²) in [7, 11) is 0. The van der Waals surface area contributed by atoms with Gasteiger partial charge in [0.15, 0.2) is 6.61 Å². The van der Waals surface area contributed by atoms with Gasteiger partial charge in [0.2, 0.25) is 5.91 Å². The second kappa shape index (κ2) is 6.95. The number of halogens is 2. The Hall–Kier alpha value is -1.27. The number of hydrogen-bond donors (Lipinski definition) is 1. The SMILES string of the molecule is O=C1CCN(C(=O)COc2ccc(Br)cc2Cl)CCN1. The van der Waals surface area contributed by atoms with Crippen LogP contribution in [0.5, 0.6) is 5.75 Å². The Kier molecular flexibility index (Phi) is 5.25. The third-order valence-corrected chi connectivity index (χ3v) is 3.70. The third-order valence-electron chi connectivity index (χ3n) is 2.91. The fraction of sp³-hybridized carbons (Fsp3) is 0.385. The molecule has 1 saturated heterocycles. The molecule has 1 fully saturated rings. The van der Waals surface area contributed by atoms with Crippen molar-refractivity contribution in [1.29, 1.82) is 0 Å². The summed E-state index contributed by atoms with van der Waals surface area (Å²) in [4.78, 5) is 24.8. The molecule has 2 amide bonds. The number of carbonyl (C=O) groups excluding carboxylic acids is 2. The molecule has 1 heterocycles. The molecule has 1 aliphatic heterocycles. The summed E-state index contributed by atoms with van der Waals surface area (Å²) in [5, 5.41) is 3.16. The van der Waals surface area contributed by atoms with Crippen molar-refractivity contribution < 1.29 is 14.3 Å². The molecule has 108 valence electrons. The van der Waals surface area contributed by atoms with E-state index < -0.39 is 0 Å². The lowest BCUT2D eigenvalue weighted by molar-refractivity contribution is -0.133. The molecular weight excluding hydrogens is 348 g/mol. The zero-order chi connectivity index (χ0) is 14.5. The van der Waals surface area contributed by atoms with Crippen molar-refractivity contribution in [2.24, 2.45) is 0 Å². The number of nitrogens with zero attached hydrogens (tertiary/aromatic N) is 1. The monoisotopic (exact) mass is 360 g/mol. The van der Waals surface area contributed by atoms with E-state index in [0.717, 1.165) is 4.47 Å². The van der Waals surface area contributed by atoms with Crippen LogP contribution in [-0.2, 0) is 9.59 Å². The summed E-state index contributed by atoms with van der Waals surface area (Å²) in [5.41, 5.74) is 0. The maximum absolute atomic E-state index is 12.0. The fourth-order valence-electron chi connectivity index (χ4n) is 1.84. The minimum absolute atomic E-state index is 0.0304. The highest BCUT2D eigenvalue weighted by Crippen LogP contribution is 2.27. The predicted octanol–water partition coefficient (Wildman–Crippen LogP) is 1.83. The molecule has 0 unspecified atom stereocenters. The van der Waals surface area contributed by atoms with E-state index in [2.05, 4.69) is 21.2 Å². The van der Waals surface area contributed by atoms with Crippen molar-refractivity contribution in [2.45, 2.75) is 6.42 Å². The summed E-state index contributed by atoms with van der Waals surface area (Å²) < 4.78 is 6.27. The lowest BCUT2D eigenvalue weighted by Crippen LogP contribution is -2.37. The Bertz CT molecular complexity index is 524. The normalized spacial score (nSPS) is 15.5. The van der Waals surface area contributed by atoms with Crippen molar-refractivity contribution in [3.8, 4) is 5.75 Å². The van der Waals surface area contributed by atoms with Crippen molar-refractivity contribution in [2.75, 3.05) is 26.2 Å². The molecule has 1 aliphatic rings. The molecule has 0 spiro atoms. The van der Waals surface area contributed by atoms with E-state index in [9.17, 15) is 9.59 Å². The Balaban J connectivity index is 1.89. The van der Waals surface area contributed by atoms with E-state index in [0.29, 0.717) is 36.8 Å². The Morgan fingerprint density at radius 3 is 3.00 bits per heavy atom. The van der Waals surface area contributed by atoms with E-state index in [1.54, 1.807) is 23.1 Å². The molecule has 5 nitrogen and oxygen atoms in total. The first kappa shape index (κ1) is 15.1. The van der Waals surface area contributed by atoms with Gasteiger partial charge in [-0.1, -0.05) is 27.5 Å². The molecule has 1 N–H and O–H groups in total. The fourth-order valence-corrected chi connectivity index (χ4v) is 2.57. The Morgan fingerprint density at radius 2 is 2.25 bits per heavy atom. The van der Waals surface area contributed by atoms with Gasteiger partial charge in [-0.3, -0.25) is 9.59 Å². The van der Waals surface area contributed by atoms with Gasteiger partial charge >= 0.3 is 0 Å². The zero-order valence-electron chi connectivity index (χ0n) is 10.7. The molecule has 0 bridgehead atoms. The van der Waals surface area contributed by atoms with Gasteiger partial charge in [0, 0.05) is 30.5 Å². The Morgan fingerprint density at radius 1 is 1.45 bits per heavy atom. The highest BCUT2D eigenvalue weighted by Gasteiger charge is 2.19. The maximum atomic E-state index is 12.0. The number of carbonyl (C=O) groups is 2. The smallest absolute Gasteiger partial charge is 0.260 e. The molecule has 2 rings (SSSR count). The second-order valence-electron chi connectivity index (χ2n) is 4.34. The van der Waals surface area contributed by atoms with Gasteiger partial charge in [-0.25, -0.2) is 0 Å². The van der Waals surface area contributed by atoms with Gasteiger partial charge in [-0.05, 0) is 18.2 Å². The van der Waals surface area contributed by atoms with Crippen LogP contribution in [0.3, 0.4) is 0 Å². The van der Waals surface area contributed by atoms with Crippen LogP contribution in [-0.4, -0.2) is 43.0 Å². The number of nitrogens with one attached hydrogen (secondary N) is 1. The van der Waals surface area contributed by atoms with Crippen LogP contribution in [0.4, 0.5) is 0 Å². The van der Waals surface area contributed by atoms with Crippen molar-refractivity contribution in [3.05, 3.63) is 27.7 Å². The highest BCUT2D eigenvalue weighted by molar-refractivity contribution is 9.10. The minimum atomic E-state index is -0.152. The van der Waals surface area contributed by atoms with Crippen LogP contribution in [0.2, 0.25) is 5.02 Å². The molecule has 0 radical (unpaired) electrons. The van der Waals surface area contributed by atoms with Crippen molar-refractivity contribution in [3.63, 3.8) is 0 Å². The van der Waals surface area contributed by atoms with Crippen LogP contribution in [0.1, 0.15) is 6.42 Å². The number of benzene rings is 1. The lowest BCUT2D eigenvalue weighted by Gasteiger charge is -2.19. The molecule has 1 aromatic rings. The maximum Gasteiger partial charge on any atom is 0.260 e. The molecular formula is C13H14BrClN2O3. The molecule has 7 heteroatoms. The van der Waals surface area contributed by atoms with E-state index >= 15 is 0 Å². The molecule has 20 heavy (non-hydrogen) atoms. The highest BCUT2D eigenvalue weighted by atomic mass is 79.9. The number of amides is 2. The first-order valence-electron chi connectivity index (χ1n) is 6.18. The van der Waals surface area contributed by atoms with Gasteiger partial charge in [-0.15, -0.1) is 0 Å². The van der Waals surface area contributed by atoms with Gasteiger partial charge < -0.3 is 15.0 Å². The predicted molar refractivity (Wildman–Crippen MR) is 78.9 cm³/mol. The van der Waals surface area contributed by atoms with Gasteiger partial charge in [0.25, 0.3) is 5.91 Å². The molecule has 1 aromatic carbocycles. The van der Waals surface area contributed by atoms with E-state index in [1.165, 1.54) is 0 Å². The Labute approximate surface area is 130 Å². The van der Waals surface area contributed by atoms with E-state index in [4.69, 9.17) is 16.3 Å². The van der Waals surface area contributed by atoms with E-state index in [1.807, 2.05) is 0 Å². The third kappa shape index (κ3) is 4.11. The van der Waals surface area contributed by atoms with Gasteiger partial charge in [0.1, 0.15) is 5.75 Å². The standard InChI is InChI=1S/C13H14BrClN2O3/c14-9-1-2-11(10(15)7-9)20-8-13(19)17-5-3-12(18)16-4-6-17/h1-2,7H,3-6,8H2,(H,16,18). The van der Waals surface area contributed by atoms with Crippen LogP contribution < -0.4 is 10.1 Å². The summed E-state index contributed by atoms with van der Waals surface area (Å²) >= 11 is 9.31. The average Bonchev–Trinajstić information content (AvgIpc) is 2.62. The molecule has 0 atom stereocenters. The van der Waals surface area contributed by atoms with Gasteiger partial charge in [0.05, 0.1) is 5.02 Å². The summed E-state index contributed by atoms with van der Waals surface area (Å²) in [6, 6.07) is 5.20. The number of hydrogen-bond acceptors (Lipinski definition) is 3. The minimum Gasteiger partial charge on any atom is -0.482 e. The molecule has 0 aliphatic carbocycles. The van der Waals surface area contributed by atoms with Crippen LogP contribution in [0, 0.1) is 0 Å². The second-order valence-corrected chi connectivity index (χ2v) is 5.67. The summed E-state index contributed by atoms with van der Waals surface area (Å²) in [6.07, 6.45) is 0.324. The van der Waals surface area contributed by atoms with Gasteiger partial charge in [-0.2, -0.15) is 0 Å². The van der Waals surface area contributed by atoms with Crippen LogP contribution >= 0.6 is 27.5 Å². The van der Waals surface area contributed by atoms with Crippen molar-refractivity contribution in [1.82, 2.24) is 10.2 Å². The first-order chi connectivity index (χ1) is 9.56. The van der Waals surface area contributed by atoms with Crippen LogP contribution in [0.25, 0.3) is 0 Å². The summed E-state index contributed by atoms with van der Waals surface area (Å²) in [5.74, 6) is 0.282. The van der Waals surface area contributed by atoms with Crippen LogP contribution in [0.15, 0.2) is 22.7 Å². The number of rotatable bonds is 3. The number of ether oxygens (including phenoxy) is 1. The quantitative estimate of drug-likeness (QED) is 0.893. The van der Waals surface area contributed by atoms with E-state index in [-0.39, 0.29) is 18.4 Å². The first-order valence-corrected chi connectivity index (χ1v) is 7.35. The zero-order valence-corrected chi connectivity index (χ0v) is 13.0.